The summed E-state index contributed by atoms with van der Waals surface area (Å²) in [6, 6.07) is 2.99. The summed E-state index contributed by atoms with van der Waals surface area (Å²) in [6.07, 6.45) is 6.61. The first-order valence-corrected chi connectivity index (χ1v) is 6.51. The van der Waals surface area contributed by atoms with Crippen molar-refractivity contribution >= 4 is 11.8 Å². The molecule has 0 spiro atoms. The molecule has 96 valence electrons. The maximum atomic E-state index is 4.52. The second-order valence-electron chi connectivity index (χ2n) is 5.24. The summed E-state index contributed by atoms with van der Waals surface area (Å²) in [5.74, 6) is 1.76. The monoisotopic (exact) mass is 245 g/mol. The standard InChI is InChI=1S/C13H19N5/c1-9(2)18-7-6-12(16-18)15-13-14-10(3)8-17(13)11-4-5-11/h6-9,11H,4-5H2,1-3H3,(H,14,15,16). The quantitative estimate of drug-likeness (QED) is 0.900. The van der Waals surface area contributed by atoms with Gasteiger partial charge in [0.25, 0.3) is 0 Å². The molecule has 1 aliphatic rings. The van der Waals surface area contributed by atoms with Gasteiger partial charge in [-0.3, -0.25) is 4.68 Å². The third-order valence-electron chi connectivity index (χ3n) is 3.17. The molecule has 5 nitrogen and oxygen atoms in total. The zero-order valence-corrected chi connectivity index (χ0v) is 11.1. The van der Waals surface area contributed by atoms with Crippen LogP contribution in [0.3, 0.4) is 0 Å². The van der Waals surface area contributed by atoms with Gasteiger partial charge in [0.15, 0.2) is 5.82 Å². The second kappa shape index (κ2) is 4.15. The Balaban J connectivity index is 1.82. The molecule has 1 fully saturated rings. The molecular weight excluding hydrogens is 226 g/mol. The predicted octanol–water partition coefficient (Wildman–Crippen LogP) is 3.05. The average molecular weight is 245 g/mol. The number of imidazole rings is 1. The Hall–Kier alpha value is -1.78. The molecule has 0 amide bonds. The maximum Gasteiger partial charge on any atom is 0.209 e. The number of anilines is 2. The fourth-order valence-corrected chi connectivity index (χ4v) is 2.05. The van der Waals surface area contributed by atoms with Crippen LogP contribution in [0.1, 0.15) is 44.5 Å². The highest BCUT2D eigenvalue weighted by Crippen LogP contribution is 2.37. The van der Waals surface area contributed by atoms with E-state index in [1.54, 1.807) is 0 Å². The van der Waals surface area contributed by atoms with E-state index in [9.17, 15) is 0 Å². The summed E-state index contributed by atoms with van der Waals surface area (Å²) in [7, 11) is 0. The van der Waals surface area contributed by atoms with Crippen LogP contribution in [-0.4, -0.2) is 19.3 Å². The fraction of sp³-hybridized carbons (Fsp3) is 0.538. The van der Waals surface area contributed by atoms with Crippen LogP contribution < -0.4 is 5.32 Å². The maximum absolute atomic E-state index is 4.52. The van der Waals surface area contributed by atoms with Crippen LogP contribution >= 0.6 is 0 Å². The minimum absolute atomic E-state index is 0.380. The number of aromatic nitrogens is 4. The smallest absolute Gasteiger partial charge is 0.209 e. The Bertz CT molecular complexity index is 547. The van der Waals surface area contributed by atoms with Crippen LogP contribution in [0.4, 0.5) is 11.8 Å². The average Bonchev–Trinajstić information content (AvgIpc) is 2.94. The van der Waals surface area contributed by atoms with E-state index in [-0.39, 0.29) is 0 Å². The molecule has 1 aliphatic carbocycles. The van der Waals surface area contributed by atoms with Crippen molar-refractivity contribution < 1.29 is 0 Å². The number of hydrogen-bond donors (Lipinski definition) is 1. The van der Waals surface area contributed by atoms with E-state index in [0.29, 0.717) is 12.1 Å². The molecule has 0 atom stereocenters. The fourth-order valence-electron chi connectivity index (χ4n) is 2.05. The first-order chi connectivity index (χ1) is 8.63. The van der Waals surface area contributed by atoms with Gasteiger partial charge in [0.1, 0.15) is 0 Å². The zero-order chi connectivity index (χ0) is 12.7. The highest BCUT2D eigenvalue weighted by Gasteiger charge is 2.26. The van der Waals surface area contributed by atoms with Gasteiger partial charge in [0, 0.05) is 30.5 Å². The van der Waals surface area contributed by atoms with E-state index in [1.165, 1.54) is 12.8 Å². The van der Waals surface area contributed by atoms with Crippen LogP contribution in [0.25, 0.3) is 0 Å². The van der Waals surface area contributed by atoms with Gasteiger partial charge in [0.2, 0.25) is 5.95 Å². The highest BCUT2D eigenvalue weighted by atomic mass is 15.3. The van der Waals surface area contributed by atoms with Crippen molar-refractivity contribution in [3.05, 3.63) is 24.2 Å². The first kappa shape index (κ1) is 11.3. The normalized spacial score (nSPS) is 15.3. The Labute approximate surface area is 107 Å². The summed E-state index contributed by atoms with van der Waals surface area (Å²) in [5.41, 5.74) is 1.05. The van der Waals surface area contributed by atoms with Crippen LogP contribution in [0.2, 0.25) is 0 Å². The third-order valence-corrected chi connectivity index (χ3v) is 3.17. The van der Waals surface area contributed by atoms with Crippen LogP contribution in [-0.2, 0) is 0 Å². The number of nitrogens with one attached hydrogen (secondary N) is 1. The lowest BCUT2D eigenvalue weighted by molar-refractivity contribution is 0.534. The second-order valence-corrected chi connectivity index (χ2v) is 5.24. The van der Waals surface area contributed by atoms with E-state index in [2.05, 4.69) is 40.0 Å². The van der Waals surface area contributed by atoms with Crippen LogP contribution in [0.5, 0.6) is 0 Å². The molecule has 3 rings (SSSR count). The van der Waals surface area contributed by atoms with Crippen molar-refractivity contribution in [1.82, 2.24) is 19.3 Å². The lowest BCUT2D eigenvalue weighted by Gasteiger charge is -2.07. The minimum atomic E-state index is 0.380. The topological polar surface area (TPSA) is 47.7 Å². The summed E-state index contributed by atoms with van der Waals surface area (Å²) in [5, 5.41) is 7.80. The van der Waals surface area contributed by atoms with Crippen molar-refractivity contribution in [2.45, 2.75) is 45.7 Å². The van der Waals surface area contributed by atoms with Gasteiger partial charge < -0.3 is 9.88 Å². The largest absolute Gasteiger partial charge is 0.314 e. The first-order valence-electron chi connectivity index (χ1n) is 6.51. The van der Waals surface area contributed by atoms with E-state index >= 15 is 0 Å². The molecule has 2 heterocycles. The van der Waals surface area contributed by atoms with Crippen molar-refractivity contribution in [2.75, 3.05) is 5.32 Å². The van der Waals surface area contributed by atoms with Gasteiger partial charge in [-0.05, 0) is 33.6 Å². The summed E-state index contributed by atoms with van der Waals surface area (Å²) in [4.78, 5) is 4.52. The zero-order valence-electron chi connectivity index (χ0n) is 11.1. The third kappa shape index (κ3) is 2.12. The molecule has 2 aromatic heterocycles. The summed E-state index contributed by atoms with van der Waals surface area (Å²) >= 11 is 0. The van der Waals surface area contributed by atoms with Crippen molar-refractivity contribution in [2.24, 2.45) is 0 Å². The molecule has 2 aromatic rings. The van der Waals surface area contributed by atoms with Crippen molar-refractivity contribution in [1.29, 1.82) is 0 Å². The van der Waals surface area contributed by atoms with E-state index in [4.69, 9.17) is 0 Å². The van der Waals surface area contributed by atoms with Crippen molar-refractivity contribution in [3.63, 3.8) is 0 Å². The van der Waals surface area contributed by atoms with Gasteiger partial charge in [-0.2, -0.15) is 5.10 Å². The van der Waals surface area contributed by atoms with Gasteiger partial charge in [0.05, 0.1) is 5.69 Å². The molecule has 0 saturated heterocycles. The SMILES string of the molecule is Cc1cn(C2CC2)c(Nc2ccn(C(C)C)n2)n1. The minimum Gasteiger partial charge on any atom is -0.314 e. The summed E-state index contributed by atoms with van der Waals surface area (Å²) in [6.45, 7) is 6.26. The lowest BCUT2D eigenvalue weighted by atomic mass is 10.4. The Morgan fingerprint density at radius 3 is 2.78 bits per heavy atom. The predicted molar refractivity (Wildman–Crippen MR) is 71.1 cm³/mol. The molecular formula is C13H19N5. The van der Waals surface area contributed by atoms with Gasteiger partial charge in [-0.1, -0.05) is 0 Å². The van der Waals surface area contributed by atoms with Crippen LogP contribution in [0, 0.1) is 6.92 Å². The van der Waals surface area contributed by atoms with Gasteiger partial charge in [-0.15, -0.1) is 0 Å². The number of rotatable bonds is 4. The molecule has 0 aliphatic heterocycles. The molecule has 0 radical (unpaired) electrons. The van der Waals surface area contributed by atoms with Crippen LogP contribution in [0.15, 0.2) is 18.5 Å². The van der Waals surface area contributed by atoms with E-state index in [0.717, 1.165) is 17.5 Å². The molecule has 5 heteroatoms. The molecule has 1 saturated carbocycles. The number of hydrogen-bond acceptors (Lipinski definition) is 3. The molecule has 18 heavy (non-hydrogen) atoms. The molecule has 1 N–H and O–H groups in total. The van der Waals surface area contributed by atoms with E-state index in [1.807, 2.05) is 23.9 Å². The highest BCUT2D eigenvalue weighted by molar-refractivity contribution is 5.48. The molecule has 0 unspecified atom stereocenters. The van der Waals surface area contributed by atoms with Crippen molar-refractivity contribution in [3.8, 4) is 0 Å². The van der Waals surface area contributed by atoms with E-state index < -0.39 is 0 Å². The molecule has 0 aromatic carbocycles. The number of nitrogens with zero attached hydrogens (tertiary/aromatic N) is 4. The van der Waals surface area contributed by atoms with Gasteiger partial charge >= 0.3 is 0 Å². The Morgan fingerprint density at radius 1 is 1.39 bits per heavy atom. The molecule has 0 bridgehead atoms. The van der Waals surface area contributed by atoms with Gasteiger partial charge in [-0.25, -0.2) is 4.98 Å². The lowest BCUT2D eigenvalue weighted by Crippen LogP contribution is -2.04. The summed E-state index contributed by atoms with van der Waals surface area (Å²) < 4.78 is 4.17. The number of aryl methyl sites for hydroxylation is 1. The Morgan fingerprint density at radius 2 is 2.17 bits per heavy atom. The Kier molecular flexibility index (Phi) is 2.61.